The van der Waals surface area contributed by atoms with Crippen molar-refractivity contribution in [3.8, 4) is 5.19 Å². The van der Waals surface area contributed by atoms with Crippen molar-refractivity contribution < 1.29 is 4.74 Å². The summed E-state index contributed by atoms with van der Waals surface area (Å²) in [4.78, 5) is 0. The lowest BCUT2D eigenvalue weighted by Crippen LogP contribution is -2.33. The van der Waals surface area contributed by atoms with E-state index in [2.05, 4.69) is 40.7 Å². The molecule has 0 aliphatic carbocycles. The van der Waals surface area contributed by atoms with Gasteiger partial charge in [-0.3, -0.25) is 4.68 Å². The topological polar surface area (TPSA) is 64.9 Å². The van der Waals surface area contributed by atoms with Gasteiger partial charge in [-0.2, -0.15) is 5.10 Å². The third-order valence-electron chi connectivity index (χ3n) is 3.16. The minimum Gasteiger partial charge on any atom is -0.469 e. The second kappa shape index (κ2) is 6.81. The first-order chi connectivity index (χ1) is 9.60. The van der Waals surface area contributed by atoms with E-state index in [1.165, 1.54) is 16.9 Å². The van der Waals surface area contributed by atoms with Gasteiger partial charge in [-0.15, -0.1) is 10.2 Å². The molecule has 2 atom stereocenters. The van der Waals surface area contributed by atoms with Gasteiger partial charge in [0, 0.05) is 12.2 Å². The van der Waals surface area contributed by atoms with Crippen molar-refractivity contribution >= 4 is 11.3 Å². The molecule has 0 aliphatic rings. The Morgan fingerprint density at radius 3 is 2.85 bits per heavy atom. The molecule has 0 fully saturated rings. The largest absolute Gasteiger partial charge is 0.469 e. The van der Waals surface area contributed by atoms with Crippen LogP contribution in [0.4, 0.5) is 0 Å². The van der Waals surface area contributed by atoms with Crippen LogP contribution >= 0.6 is 11.3 Å². The normalized spacial score (nSPS) is 14.2. The highest BCUT2D eigenvalue weighted by molar-refractivity contribution is 7.13. The predicted octanol–water partition coefficient (Wildman–Crippen LogP) is 2.18. The summed E-state index contributed by atoms with van der Waals surface area (Å²) < 4.78 is 7.30. The first-order valence-electron chi connectivity index (χ1n) is 6.79. The van der Waals surface area contributed by atoms with Crippen LogP contribution in [-0.2, 0) is 6.54 Å². The highest BCUT2D eigenvalue weighted by Crippen LogP contribution is 2.18. The number of aromatic nitrogens is 4. The number of rotatable bonds is 7. The van der Waals surface area contributed by atoms with E-state index in [9.17, 15) is 0 Å². The van der Waals surface area contributed by atoms with Gasteiger partial charge in [0.25, 0.3) is 5.19 Å². The lowest BCUT2D eigenvalue weighted by molar-refractivity contribution is 0.335. The van der Waals surface area contributed by atoms with Gasteiger partial charge in [-0.05, 0) is 33.3 Å². The van der Waals surface area contributed by atoms with Crippen LogP contribution in [0.3, 0.4) is 0 Å². The van der Waals surface area contributed by atoms with Gasteiger partial charge in [0.05, 0.1) is 25.4 Å². The second-order valence-electron chi connectivity index (χ2n) is 4.80. The monoisotopic (exact) mass is 295 g/mol. The molecule has 20 heavy (non-hydrogen) atoms. The maximum absolute atomic E-state index is 5.32. The molecule has 2 aromatic rings. The van der Waals surface area contributed by atoms with Crippen molar-refractivity contribution in [2.45, 2.75) is 46.3 Å². The van der Waals surface area contributed by atoms with Crippen molar-refractivity contribution in [2.24, 2.45) is 0 Å². The van der Waals surface area contributed by atoms with Gasteiger partial charge in [0.2, 0.25) is 0 Å². The number of hydrogen-bond donors (Lipinski definition) is 1. The number of hydrogen-bond acceptors (Lipinski definition) is 6. The Labute approximate surface area is 123 Å². The van der Waals surface area contributed by atoms with E-state index in [1.54, 1.807) is 0 Å². The standard InChI is InChI=1S/C13H21N5OS/c1-5-19-13-17-16-12(20-13)7-14-10(3)11(4)18-8-9(2)6-15-18/h6,8,10-11,14H,5,7H2,1-4H3/t10-,11+/m0/s1. The highest BCUT2D eigenvalue weighted by Gasteiger charge is 2.15. The van der Waals surface area contributed by atoms with Crippen LogP contribution in [0.25, 0.3) is 0 Å². The lowest BCUT2D eigenvalue weighted by Gasteiger charge is -2.21. The third-order valence-corrected chi connectivity index (χ3v) is 4.00. The minimum absolute atomic E-state index is 0.281. The molecule has 0 spiro atoms. The number of nitrogens with one attached hydrogen (secondary N) is 1. The Balaban J connectivity index is 1.86. The zero-order valence-electron chi connectivity index (χ0n) is 12.3. The molecule has 0 amide bonds. The van der Waals surface area contributed by atoms with Crippen LogP contribution in [0.5, 0.6) is 5.19 Å². The third kappa shape index (κ3) is 3.77. The van der Waals surface area contributed by atoms with Crippen LogP contribution in [-0.4, -0.2) is 32.6 Å². The fourth-order valence-corrected chi connectivity index (χ4v) is 2.49. The summed E-state index contributed by atoms with van der Waals surface area (Å²) in [6, 6.07) is 0.566. The molecule has 1 N–H and O–H groups in total. The molecule has 0 saturated carbocycles. The average molecular weight is 295 g/mol. The summed E-state index contributed by atoms with van der Waals surface area (Å²) in [6.07, 6.45) is 3.93. The van der Waals surface area contributed by atoms with E-state index >= 15 is 0 Å². The minimum atomic E-state index is 0.281. The van der Waals surface area contributed by atoms with E-state index in [1.807, 2.05) is 24.7 Å². The highest BCUT2D eigenvalue weighted by atomic mass is 32.1. The molecule has 2 rings (SSSR count). The fraction of sp³-hybridized carbons (Fsp3) is 0.615. The molecule has 0 aromatic carbocycles. The van der Waals surface area contributed by atoms with Crippen LogP contribution in [0.2, 0.25) is 0 Å². The molecule has 2 aromatic heterocycles. The van der Waals surface area contributed by atoms with Crippen molar-refractivity contribution in [1.29, 1.82) is 0 Å². The van der Waals surface area contributed by atoms with Gasteiger partial charge < -0.3 is 10.1 Å². The van der Waals surface area contributed by atoms with Crippen molar-refractivity contribution in [1.82, 2.24) is 25.3 Å². The Bertz CT molecular complexity index is 538. The van der Waals surface area contributed by atoms with Crippen molar-refractivity contribution in [2.75, 3.05) is 6.61 Å². The molecule has 0 saturated heterocycles. The molecule has 2 heterocycles. The summed E-state index contributed by atoms with van der Waals surface area (Å²) in [5, 5.41) is 17.5. The van der Waals surface area contributed by atoms with Crippen molar-refractivity contribution in [3.05, 3.63) is 23.0 Å². The zero-order valence-corrected chi connectivity index (χ0v) is 13.1. The molecule has 0 unspecified atom stereocenters. The van der Waals surface area contributed by atoms with Crippen LogP contribution in [0.15, 0.2) is 12.4 Å². The van der Waals surface area contributed by atoms with Gasteiger partial charge >= 0.3 is 0 Å². The van der Waals surface area contributed by atoms with E-state index in [0.29, 0.717) is 18.3 Å². The van der Waals surface area contributed by atoms with E-state index in [4.69, 9.17) is 4.74 Å². The second-order valence-corrected chi connectivity index (χ2v) is 5.83. The van der Waals surface area contributed by atoms with E-state index in [-0.39, 0.29) is 12.1 Å². The van der Waals surface area contributed by atoms with Gasteiger partial charge in [-0.25, -0.2) is 0 Å². The molecule has 0 radical (unpaired) electrons. The molecular weight excluding hydrogens is 274 g/mol. The molecule has 0 bridgehead atoms. The Hall–Kier alpha value is -1.47. The Morgan fingerprint density at radius 1 is 1.40 bits per heavy atom. The summed E-state index contributed by atoms with van der Waals surface area (Å²) in [5.74, 6) is 0. The lowest BCUT2D eigenvalue weighted by atomic mass is 10.2. The number of aryl methyl sites for hydroxylation is 1. The van der Waals surface area contributed by atoms with Gasteiger partial charge in [0.1, 0.15) is 5.01 Å². The van der Waals surface area contributed by atoms with Crippen molar-refractivity contribution in [3.63, 3.8) is 0 Å². The molecular formula is C13H21N5OS. The Kier molecular flexibility index (Phi) is 5.08. The van der Waals surface area contributed by atoms with E-state index in [0.717, 1.165) is 5.01 Å². The summed E-state index contributed by atoms with van der Waals surface area (Å²) in [7, 11) is 0. The summed E-state index contributed by atoms with van der Waals surface area (Å²) >= 11 is 1.48. The first kappa shape index (κ1) is 14.9. The van der Waals surface area contributed by atoms with Gasteiger partial charge in [-0.1, -0.05) is 11.3 Å². The summed E-state index contributed by atoms with van der Waals surface area (Å²) in [5.41, 5.74) is 1.18. The maximum Gasteiger partial charge on any atom is 0.294 e. The number of ether oxygens (including phenoxy) is 1. The average Bonchev–Trinajstić information content (AvgIpc) is 3.05. The molecule has 0 aliphatic heterocycles. The fourth-order valence-electron chi connectivity index (χ4n) is 1.80. The Morgan fingerprint density at radius 2 is 2.20 bits per heavy atom. The molecule has 7 heteroatoms. The zero-order chi connectivity index (χ0) is 14.5. The summed E-state index contributed by atoms with van der Waals surface area (Å²) in [6.45, 7) is 9.59. The van der Waals surface area contributed by atoms with Crippen LogP contribution < -0.4 is 10.1 Å². The molecule has 6 nitrogen and oxygen atoms in total. The predicted molar refractivity (Wildman–Crippen MR) is 79.1 cm³/mol. The van der Waals surface area contributed by atoms with Gasteiger partial charge in [0.15, 0.2) is 0 Å². The smallest absolute Gasteiger partial charge is 0.294 e. The molecule has 110 valence electrons. The number of nitrogens with zero attached hydrogens (tertiary/aromatic N) is 4. The van der Waals surface area contributed by atoms with Crippen LogP contribution in [0.1, 0.15) is 37.4 Å². The van der Waals surface area contributed by atoms with Crippen LogP contribution in [0, 0.1) is 6.92 Å². The quantitative estimate of drug-likeness (QED) is 0.848. The maximum atomic E-state index is 5.32. The van der Waals surface area contributed by atoms with E-state index < -0.39 is 0 Å². The first-order valence-corrected chi connectivity index (χ1v) is 7.61. The SMILES string of the molecule is CCOc1nnc(CN[C@@H](C)[C@@H](C)n2cc(C)cn2)s1.